The first-order chi connectivity index (χ1) is 11.4. The maximum absolute atomic E-state index is 11.6. The Morgan fingerprint density at radius 2 is 1.92 bits per heavy atom. The second kappa shape index (κ2) is 10.1. The zero-order valence-electron chi connectivity index (χ0n) is 13.3. The van der Waals surface area contributed by atoms with Gasteiger partial charge in [-0.05, 0) is 19.3 Å². The molecule has 0 aliphatic heterocycles. The monoisotopic (exact) mass is 339 g/mol. The van der Waals surface area contributed by atoms with E-state index in [2.05, 4.69) is 5.32 Å². The van der Waals surface area contributed by atoms with Crippen LogP contribution in [0.15, 0.2) is 23.1 Å². The number of carboxylic acids is 1. The fourth-order valence-corrected chi connectivity index (χ4v) is 2.11. The van der Waals surface area contributed by atoms with Gasteiger partial charge >= 0.3 is 5.97 Å². The van der Waals surface area contributed by atoms with Gasteiger partial charge in [0.05, 0.1) is 11.1 Å². The van der Waals surface area contributed by atoms with Gasteiger partial charge in [0.1, 0.15) is 0 Å². The molecule has 0 bridgehead atoms. The average Bonchev–Trinajstić information content (AvgIpc) is 2.52. The van der Waals surface area contributed by atoms with Gasteiger partial charge in [-0.25, -0.2) is 0 Å². The molecule has 0 unspecified atom stereocenters. The minimum Gasteiger partial charge on any atom is -0.481 e. The molecule has 0 saturated carbocycles. The van der Waals surface area contributed by atoms with Crippen LogP contribution < -0.4 is 10.9 Å². The largest absolute Gasteiger partial charge is 0.481 e. The van der Waals surface area contributed by atoms with Crippen LogP contribution in [0.1, 0.15) is 38.5 Å². The van der Waals surface area contributed by atoms with Crippen molar-refractivity contribution in [2.75, 3.05) is 6.54 Å². The number of unbranched alkanes of at least 4 members (excludes halogenated alkanes) is 2. The molecule has 1 aromatic rings. The van der Waals surface area contributed by atoms with E-state index in [1.54, 1.807) is 0 Å². The van der Waals surface area contributed by atoms with Gasteiger partial charge in [0.2, 0.25) is 5.91 Å². The highest BCUT2D eigenvalue weighted by atomic mass is 16.6. The Morgan fingerprint density at radius 1 is 1.17 bits per heavy atom. The summed E-state index contributed by atoms with van der Waals surface area (Å²) in [5.74, 6) is -0.984. The van der Waals surface area contributed by atoms with E-state index in [0.717, 1.165) is 18.6 Å². The molecule has 24 heavy (non-hydrogen) atoms. The van der Waals surface area contributed by atoms with E-state index < -0.39 is 10.9 Å². The number of aryl methyl sites for hydroxylation is 1. The summed E-state index contributed by atoms with van der Waals surface area (Å²) in [4.78, 5) is 43.6. The molecule has 9 nitrogen and oxygen atoms in total. The normalized spacial score (nSPS) is 10.3. The number of aliphatic carboxylic acids is 1. The fourth-order valence-electron chi connectivity index (χ4n) is 2.11. The minimum absolute atomic E-state index is 0.131. The van der Waals surface area contributed by atoms with Crippen molar-refractivity contribution in [3.8, 4) is 0 Å². The maximum Gasteiger partial charge on any atom is 0.303 e. The van der Waals surface area contributed by atoms with Crippen LogP contribution in [0.25, 0.3) is 0 Å². The van der Waals surface area contributed by atoms with Crippen molar-refractivity contribution in [3.05, 3.63) is 38.8 Å². The van der Waals surface area contributed by atoms with Gasteiger partial charge in [-0.15, -0.1) is 0 Å². The number of rotatable bonds is 11. The third-order valence-corrected chi connectivity index (χ3v) is 3.37. The van der Waals surface area contributed by atoms with Gasteiger partial charge in [0, 0.05) is 38.1 Å². The van der Waals surface area contributed by atoms with Crippen LogP contribution in [0, 0.1) is 10.1 Å². The number of nitrogens with zero attached hydrogens (tertiary/aromatic N) is 2. The van der Waals surface area contributed by atoms with Crippen LogP contribution in [-0.2, 0) is 16.1 Å². The molecule has 1 amide bonds. The fraction of sp³-hybridized carbons (Fsp3) is 0.533. The van der Waals surface area contributed by atoms with Crippen molar-refractivity contribution in [1.29, 1.82) is 0 Å². The molecule has 1 aromatic heterocycles. The summed E-state index contributed by atoms with van der Waals surface area (Å²) in [6.45, 7) is 0.710. The van der Waals surface area contributed by atoms with E-state index in [1.807, 2.05) is 0 Å². The Labute approximate surface area is 138 Å². The van der Waals surface area contributed by atoms with Gasteiger partial charge in [0.15, 0.2) is 0 Å². The van der Waals surface area contributed by atoms with Crippen molar-refractivity contribution >= 4 is 17.6 Å². The number of hydrogen-bond acceptors (Lipinski definition) is 5. The number of carboxylic acid groups (broad SMARTS) is 1. The zero-order valence-corrected chi connectivity index (χ0v) is 13.3. The van der Waals surface area contributed by atoms with E-state index in [-0.39, 0.29) is 36.5 Å². The van der Waals surface area contributed by atoms with E-state index in [0.29, 0.717) is 25.8 Å². The lowest BCUT2D eigenvalue weighted by Gasteiger charge is -2.06. The molecule has 9 heteroatoms. The minimum atomic E-state index is -0.824. The summed E-state index contributed by atoms with van der Waals surface area (Å²) in [5.41, 5.74) is -0.514. The molecule has 1 heterocycles. The second-order valence-corrected chi connectivity index (χ2v) is 5.33. The van der Waals surface area contributed by atoms with Gasteiger partial charge in [0.25, 0.3) is 11.2 Å². The number of nitro groups is 1. The molecule has 0 aliphatic rings. The molecule has 0 spiro atoms. The van der Waals surface area contributed by atoms with Crippen LogP contribution in [0.2, 0.25) is 0 Å². The summed E-state index contributed by atoms with van der Waals surface area (Å²) >= 11 is 0. The van der Waals surface area contributed by atoms with Crippen molar-refractivity contribution in [2.45, 2.75) is 45.1 Å². The Hall–Kier alpha value is -2.71. The first-order valence-corrected chi connectivity index (χ1v) is 7.73. The highest BCUT2D eigenvalue weighted by molar-refractivity contribution is 5.75. The van der Waals surface area contributed by atoms with E-state index >= 15 is 0 Å². The van der Waals surface area contributed by atoms with Crippen LogP contribution in [0.5, 0.6) is 0 Å². The van der Waals surface area contributed by atoms with Crippen LogP contribution >= 0.6 is 0 Å². The molecule has 0 saturated heterocycles. The topological polar surface area (TPSA) is 132 Å². The second-order valence-electron chi connectivity index (χ2n) is 5.33. The summed E-state index contributed by atoms with van der Waals surface area (Å²) in [7, 11) is 0. The number of hydrogen-bond donors (Lipinski definition) is 2. The first-order valence-electron chi connectivity index (χ1n) is 7.73. The van der Waals surface area contributed by atoms with E-state index in [1.165, 1.54) is 10.8 Å². The van der Waals surface area contributed by atoms with Crippen LogP contribution in [-0.4, -0.2) is 33.0 Å². The maximum atomic E-state index is 11.6. The molecular formula is C15H21N3O6. The van der Waals surface area contributed by atoms with Crippen LogP contribution in [0.3, 0.4) is 0 Å². The number of amides is 1. The zero-order chi connectivity index (χ0) is 17.9. The Bertz CT molecular complexity index is 640. The molecule has 132 valence electrons. The van der Waals surface area contributed by atoms with Gasteiger partial charge in [-0.2, -0.15) is 0 Å². The summed E-state index contributed by atoms with van der Waals surface area (Å²) in [6.07, 6.45) is 3.94. The standard InChI is InChI=1S/C15H21N3O6/c19-13(16-9-3-1-2-6-15(21)22)5-4-10-17-11-12(18(23)24)7-8-14(17)20/h7-8,11H,1-6,9-10H2,(H,16,19)(H,21,22). The van der Waals surface area contributed by atoms with Crippen molar-refractivity contribution in [2.24, 2.45) is 0 Å². The van der Waals surface area contributed by atoms with Crippen molar-refractivity contribution < 1.29 is 19.6 Å². The number of carbonyl (C=O) groups excluding carboxylic acids is 1. The van der Waals surface area contributed by atoms with Crippen LogP contribution in [0.4, 0.5) is 5.69 Å². The number of carbonyl (C=O) groups is 2. The third kappa shape index (κ3) is 7.52. The molecule has 2 N–H and O–H groups in total. The van der Waals surface area contributed by atoms with Gasteiger partial charge < -0.3 is 15.0 Å². The Morgan fingerprint density at radius 3 is 2.58 bits per heavy atom. The lowest BCUT2D eigenvalue weighted by molar-refractivity contribution is -0.385. The highest BCUT2D eigenvalue weighted by Gasteiger charge is 2.08. The van der Waals surface area contributed by atoms with Crippen molar-refractivity contribution in [1.82, 2.24) is 9.88 Å². The smallest absolute Gasteiger partial charge is 0.303 e. The van der Waals surface area contributed by atoms with E-state index in [9.17, 15) is 24.5 Å². The quantitative estimate of drug-likeness (QED) is 0.355. The van der Waals surface area contributed by atoms with Gasteiger partial charge in [-0.3, -0.25) is 24.5 Å². The highest BCUT2D eigenvalue weighted by Crippen LogP contribution is 2.07. The summed E-state index contributed by atoms with van der Waals surface area (Å²) in [5, 5.41) is 21.9. The molecule has 1 rings (SSSR count). The third-order valence-electron chi connectivity index (χ3n) is 3.37. The number of pyridine rings is 1. The number of aromatic nitrogens is 1. The molecule has 0 aliphatic carbocycles. The molecule has 0 aromatic carbocycles. The first kappa shape index (κ1) is 19.3. The predicted molar refractivity (Wildman–Crippen MR) is 85.7 cm³/mol. The van der Waals surface area contributed by atoms with Crippen molar-refractivity contribution in [3.63, 3.8) is 0 Å². The lowest BCUT2D eigenvalue weighted by atomic mass is 10.2. The molecular weight excluding hydrogens is 318 g/mol. The molecule has 0 fully saturated rings. The van der Waals surface area contributed by atoms with Gasteiger partial charge in [-0.1, -0.05) is 6.42 Å². The Kier molecular flexibility index (Phi) is 8.17. The Balaban J connectivity index is 2.24. The van der Waals surface area contributed by atoms with E-state index in [4.69, 9.17) is 5.11 Å². The summed E-state index contributed by atoms with van der Waals surface area (Å²) in [6, 6.07) is 2.28. The predicted octanol–water partition coefficient (Wildman–Crippen LogP) is 1.30. The molecule has 0 radical (unpaired) electrons. The summed E-state index contributed by atoms with van der Waals surface area (Å²) < 4.78 is 1.22. The molecule has 0 atom stereocenters. The lowest BCUT2D eigenvalue weighted by Crippen LogP contribution is -2.25. The SMILES string of the molecule is O=C(O)CCCCCNC(=O)CCCn1cc([N+](=O)[O-])ccc1=O. The average molecular weight is 339 g/mol. The number of nitrogens with one attached hydrogen (secondary N) is 1.